The van der Waals surface area contributed by atoms with Crippen LogP contribution < -0.4 is 5.73 Å². The smallest absolute Gasteiger partial charge is 0.269 e. The summed E-state index contributed by atoms with van der Waals surface area (Å²) in [4.78, 5) is 15.2. The Morgan fingerprint density at radius 3 is 2.71 bits per heavy atom. The van der Waals surface area contributed by atoms with E-state index in [1.807, 2.05) is 18.2 Å². The Morgan fingerprint density at radius 1 is 1.06 bits per heavy atom. The number of primary amides is 1. The van der Waals surface area contributed by atoms with Crippen LogP contribution in [0.3, 0.4) is 0 Å². The van der Waals surface area contributed by atoms with Gasteiger partial charge in [0.25, 0.3) is 5.91 Å². The molecule has 82 valence electrons. The van der Waals surface area contributed by atoms with Crippen LogP contribution in [0.5, 0.6) is 0 Å². The van der Waals surface area contributed by atoms with Gasteiger partial charge < -0.3 is 5.73 Å². The number of benzene rings is 1. The average Bonchev–Trinajstić information content (AvgIpc) is 2.67. The SMILES string of the molecule is NC(=O)c1ccc2ccc3nccc3c2nn1. The molecule has 0 saturated carbocycles. The molecule has 0 aliphatic carbocycles. The topological polar surface area (TPSA) is 81.8 Å². The molecule has 2 aromatic heterocycles. The van der Waals surface area contributed by atoms with E-state index in [9.17, 15) is 4.79 Å². The zero-order chi connectivity index (χ0) is 11.8. The minimum atomic E-state index is -0.588. The van der Waals surface area contributed by atoms with Crippen molar-refractivity contribution in [1.82, 2.24) is 15.2 Å². The van der Waals surface area contributed by atoms with Gasteiger partial charge in [-0.15, -0.1) is 10.2 Å². The number of rotatable bonds is 1. The van der Waals surface area contributed by atoms with Crippen LogP contribution in [0.25, 0.3) is 21.8 Å². The molecule has 0 fully saturated rings. The molecule has 5 heteroatoms. The molecule has 0 bridgehead atoms. The zero-order valence-electron chi connectivity index (χ0n) is 8.79. The highest BCUT2D eigenvalue weighted by Crippen LogP contribution is 2.21. The van der Waals surface area contributed by atoms with E-state index in [-0.39, 0.29) is 5.69 Å². The Morgan fingerprint density at radius 2 is 1.88 bits per heavy atom. The first-order valence-electron chi connectivity index (χ1n) is 5.07. The lowest BCUT2D eigenvalue weighted by Crippen LogP contribution is -2.12. The Bertz CT molecular complexity index is 739. The Balaban J connectivity index is 2.44. The molecule has 0 aliphatic heterocycles. The van der Waals surface area contributed by atoms with Gasteiger partial charge in [0.15, 0.2) is 5.69 Å². The molecule has 0 aliphatic rings. The number of carbonyl (C=O) groups excluding carboxylic acids is 1. The number of nitrogens with two attached hydrogens (primary N) is 1. The summed E-state index contributed by atoms with van der Waals surface area (Å²) in [5, 5.41) is 9.73. The minimum absolute atomic E-state index is 0.147. The van der Waals surface area contributed by atoms with E-state index in [4.69, 9.17) is 5.73 Å². The quantitative estimate of drug-likeness (QED) is 0.675. The fourth-order valence-electron chi connectivity index (χ4n) is 1.77. The summed E-state index contributed by atoms with van der Waals surface area (Å²) in [7, 11) is 0. The number of amides is 1. The molecule has 3 aromatic rings. The van der Waals surface area contributed by atoms with Gasteiger partial charge in [-0.05, 0) is 18.2 Å². The van der Waals surface area contributed by atoms with Crippen molar-refractivity contribution >= 4 is 27.7 Å². The second kappa shape index (κ2) is 3.48. The molecular formula is C12H8N4O. The van der Waals surface area contributed by atoms with Crippen molar-refractivity contribution in [2.75, 3.05) is 0 Å². The summed E-state index contributed by atoms with van der Waals surface area (Å²) >= 11 is 0. The molecule has 5 nitrogen and oxygen atoms in total. The van der Waals surface area contributed by atoms with Crippen LogP contribution in [0, 0.1) is 0 Å². The summed E-state index contributed by atoms with van der Waals surface area (Å²) in [5.74, 6) is -0.588. The van der Waals surface area contributed by atoms with Crippen LogP contribution in [0.15, 0.2) is 36.5 Å². The van der Waals surface area contributed by atoms with Crippen molar-refractivity contribution in [3.63, 3.8) is 0 Å². The van der Waals surface area contributed by atoms with Crippen LogP contribution in [0.2, 0.25) is 0 Å². The molecule has 3 rings (SSSR count). The van der Waals surface area contributed by atoms with Crippen molar-refractivity contribution in [2.45, 2.75) is 0 Å². The molecular weight excluding hydrogens is 216 g/mol. The van der Waals surface area contributed by atoms with Crippen molar-refractivity contribution < 1.29 is 4.79 Å². The van der Waals surface area contributed by atoms with Crippen LogP contribution in [-0.4, -0.2) is 21.1 Å². The number of carbonyl (C=O) groups is 1. The third kappa shape index (κ3) is 1.48. The number of hydrogen-bond acceptors (Lipinski definition) is 4. The largest absolute Gasteiger partial charge is 0.364 e. The summed E-state index contributed by atoms with van der Waals surface area (Å²) < 4.78 is 0. The molecule has 2 heterocycles. The Labute approximate surface area is 96.3 Å². The van der Waals surface area contributed by atoms with Crippen LogP contribution in [-0.2, 0) is 0 Å². The van der Waals surface area contributed by atoms with Gasteiger partial charge in [0.2, 0.25) is 0 Å². The maximum Gasteiger partial charge on any atom is 0.269 e. The molecule has 1 amide bonds. The maximum absolute atomic E-state index is 11.0. The lowest BCUT2D eigenvalue weighted by atomic mass is 10.1. The molecule has 0 atom stereocenters. The first kappa shape index (κ1) is 9.65. The Hall–Kier alpha value is -2.56. The summed E-state index contributed by atoms with van der Waals surface area (Å²) in [6.45, 7) is 0. The lowest BCUT2D eigenvalue weighted by molar-refractivity contribution is 0.0995. The van der Waals surface area contributed by atoms with Gasteiger partial charge in [0.1, 0.15) is 5.52 Å². The van der Waals surface area contributed by atoms with E-state index in [1.54, 1.807) is 18.3 Å². The number of nitrogens with zero attached hydrogens (tertiary/aromatic N) is 3. The summed E-state index contributed by atoms with van der Waals surface area (Å²) in [5.41, 5.74) is 6.89. The highest BCUT2D eigenvalue weighted by Gasteiger charge is 2.05. The molecule has 0 radical (unpaired) electrons. The highest BCUT2D eigenvalue weighted by atomic mass is 16.1. The minimum Gasteiger partial charge on any atom is -0.364 e. The fourth-order valence-corrected chi connectivity index (χ4v) is 1.77. The van der Waals surface area contributed by atoms with Gasteiger partial charge in [-0.3, -0.25) is 9.78 Å². The molecule has 2 N–H and O–H groups in total. The Kier molecular flexibility index (Phi) is 1.98. The molecule has 17 heavy (non-hydrogen) atoms. The second-order valence-corrected chi connectivity index (χ2v) is 3.66. The van der Waals surface area contributed by atoms with Gasteiger partial charge >= 0.3 is 0 Å². The van der Waals surface area contributed by atoms with Gasteiger partial charge in [-0.1, -0.05) is 12.1 Å². The van der Waals surface area contributed by atoms with Gasteiger partial charge in [-0.25, -0.2) is 0 Å². The van der Waals surface area contributed by atoms with Crippen molar-refractivity contribution in [3.05, 3.63) is 42.2 Å². The van der Waals surface area contributed by atoms with E-state index >= 15 is 0 Å². The van der Waals surface area contributed by atoms with E-state index in [2.05, 4.69) is 15.2 Å². The van der Waals surface area contributed by atoms with E-state index in [0.717, 1.165) is 16.3 Å². The first-order valence-corrected chi connectivity index (χ1v) is 5.07. The second-order valence-electron chi connectivity index (χ2n) is 3.66. The number of aromatic nitrogens is 3. The molecule has 1 aromatic carbocycles. The third-order valence-electron chi connectivity index (χ3n) is 2.61. The standard InChI is InChI=1S/C12H8N4O/c13-12(17)10-4-2-7-1-3-9-8(5-6-14-9)11(7)16-15-10/h1-6H,(H2,13,17). The monoisotopic (exact) mass is 224 g/mol. The predicted molar refractivity (Wildman–Crippen MR) is 63.4 cm³/mol. The van der Waals surface area contributed by atoms with E-state index < -0.39 is 5.91 Å². The van der Waals surface area contributed by atoms with Crippen LogP contribution in [0.4, 0.5) is 0 Å². The normalized spacial score (nSPS) is 10.8. The van der Waals surface area contributed by atoms with Gasteiger partial charge in [0, 0.05) is 17.0 Å². The van der Waals surface area contributed by atoms with Gasteiger partial charge in [0.05, 0.1) is 5.52 Å². The van der Waals surface area contributed by atoms with Crippen molar-refractivity contribution in [3.8, 4) is 0 Å². The molecule has 0 spiro atoms. The van der Waals surface area contributed by atoms with E-state index in [0.29, 0.717) is 5.52 Å². The summed E-state index contributed by atoms with van der Waals surface area (Å²) in [6, 6.07) is 9.02. The van der Waals surface area contributed by atoms with Gasteiger partial charge in [-0.2, -0.15) is 0 Å². The predicted octanol–water partition coefficient (Wildman–Crippen LogP) is 1.28. The van der Waals surface area contributed by atoms with Crippen LogP contribution >= 0.6 is 0 Å². The molecule has 0 unspecified atom stereocenters. The van der Waals surface area contributed by atoms with E-state index in [1.165, 1.54) is 0 Å². The number of hydrogen-bond donors (Lipinski definition) is 1. The highest BCUT2D eigenvalue weighted by molar-refractivity contribution is 6.03. The first-order chi connectivity index (χ1) is 8.25. The summed E-state index contributed by atoms with van der Waals surface area (Å²) in [6.07, 6.45) is 1.72. The molecule has 0 saturated heterocycles. The van der Waals surface area contributed by atoms with Crippen molar-refractivity contribution in [2.24, 2.45) is 5.73 Å². The zero-order valence-corrected chi connectivity index (χ0v) is 8.79. The fraction of sp³-hybridized carbons (Fsp3) is 0. The lowest BCUT2D eigenvalue weighted by Gasteiger charge is -1.91. The average molecular weight is 224 g/mol. The van der Waals surface area contributed by atoms with Crippen molar-refractivity contribution in [1.29, 1.82) is 0 Å². The third-order valence-corrected chi connectivity index (χ3v) is 2.61. The maximum atomic E-state index is 11.0. The number of fused-ring (bicyclic) bond motifs is 3. The van der Waals surface area contributed by atoms with Crippen LogP contribution in [0.1, 0.15) is 10.5 Å².